The number of guanidine groups is 1. The van der Waals surface area contributed by atoms with Gasteiger partial charge in [-0.05, 0) is 30.4 Å². The number of carboxylic acids is 1. The second kappa shape index (κ2) is 16.5. The Balaban J connectivity index is 2.21. The maximum atomic E-state index is 13.4. The summed E-state index contributed by atoms with van der Waals surface area (Å²) in [6.45, 7) is -0.690. The molecule has 0 heterocycles. The first-order valence-electron chi connectivity index (χ1n) is 12.7. The van der Waals surface area contributed by atoms with Gasteiger partial charge >= 0.3 is 5.97 Å². The Morgan fingerprint density at radius 3 is 1.77 bits per heavy atom. The second-order valence-corrected chi connectivity index (χ2v) is 9.14. The van der Waals surface area contributed by atoms with Gasteiger partial charge in [0.2, 0.25) is 17.7 Å². The van der Waals surface area contributed by atoms with E-state index in [0.717, 1.165) is 11.1 Å². The molecule has 0 aromatic heterocycles. The Hall–Kier alpha value is -4.49. The Kier molecular flexibility index (Phi) is 13.1. The molecule has 0 radical (unpaired) electrons. The highest BCUT2D eigenvalue weighted by Gasteiger charge is 2.30. The van der Waals surface area contributed by atoms with Crippen LogP contribution in [0.15, 0.2) is 65.7 Å². The quantitative estimate of drug-likeness (QED) is 0.0674. The molecule has 0 bridgehead atoms. The number of aliphatic hydroxyl groups excluding tert-OH is 1. The van der Waals surface area contributed by atoms with Crippen molar-refractivity contribution in [1.82, 2.24) is 16.0 Å². The molecule has 0 aliphatic rings. The largest absolute Gasteiger partial charge is 0.480 e. The number of nitrogens with two attached hydrogens (primary N) is 3. The SMILES string of the molecule is NC(N)=NCCCC(NC(=O)C(Cc1ccccc1)NC(=O)C(N)Cc1ccccc1)C(=O)NC(CO)C(=O)O. The van der Waals surface area contributed by atoms with Gasteiger partial charge in [-0.3, -0.25) is 19.4 Å². The predicted molar refractivity (Wildman–Crippen MR) is 149 cm³/mol. The van der Waals surface area contributed by atoms with Crippen LogP contribution in [0, 0.1) is 0 Å². The Bertz CT molecular complexity index is 1140. The van der Waals surface area contributed by atoms with Gasteiger partial charge in [-0.15, -0.1) is 0 Å². The van der Waals surface area contributed by atoms with Gasteiger partial charge in [0.25, 0.3) is 0 Å². The summed E-state index contributed by atoms with van der Waals surface area (Å²) in [6.07, 6.45) is 0.670. The van der Waals surface area contributed by atoms with Crippen molar-refractivity contribution in [2.45, 2.75) is 49.9 Å². The molecule has 40 heavy (non-hydrogen) atoms. The first-order valence-corrected chi connectivity index (χ1v) is 12.7. The average molecular weight is 556 g/mol. The molecular formula is C27H37N7O6. The van der Waals surface area contributed by atoms with E-state index in [4.69, 9.17) is 17.2 Å². The van der Waals surface area contributed by atoms with Gasteiger partial charge in [0.15, 0.2) is 5.96 Å². The first kappa shape index (κ1) is 31.7. The first-order chi connectivity index (χ1) is 19.1. The molecule has 2 aromatic carbocycles. The number of aliphatic imine (C=N–C) groups is 1. The lowest BCUT2D eigenvalue weighted by atomic mass is 10.0. The molecule has 11 N–H and O–H groups in total. The number of benzene rings is 2. The maximum Gasteiger partial charge on any atom is 0.328 e. The lowest BCUT2D eigenvalue weighted by Gasteiger charge is -2.25. The highest BCUT2D eigenvalue weighted by molar-refractivity contribution is 5.94. The fourth-order valence-electron chi connectivity index (χ4n) is 3.80. The topological polar surface area (TPSA) is 235 Å². The number of aliphatic carboxylic acids is 1. The van der Waals surface area contributed by atoms with Crippen molar-refractivity contribution >= 4 is 29.7 Å². The summed E-state index contributed by atoms with van der Waals surface area (Å²) in [4.78, 5) is 54.5. The molecule has 4 atom stereocenters. The number of amides is 3. The van der Waals surface area contributed by atoms with Gasteiger partial charge in [-0.1, -0.05) is 60.7 Å². The smallest absolute Gasteiger partial charge is 0.328 e. The van der Waals surface area contributed by atoms with Crippen LogP contribution in [0.25, 0.3) is 0 Å². The molecule has 2 rings (SSSR count). The summed E-state index contributed by atoms with van der Waals surface area (Å²) in [5.41, 5.74) is 18.4. The van der Waals surface area contributed by atoms with Crippen LogP contribution in [-0.4, -0.2) is 77.2 Å². The number of rotatable bonds is 16. The molecule has 0 saturated heterocycles. The fourth-order valence-corrected chi connectivity index (χ4v) is 3.80. The Morgan fingerprint density at radius 1 is 0.750 bits per heavy atom. The average Bonchev–Trinajstić information content (AvgIpc) is 2.93. The lowest BCUT2D eigenvalue weighted by Crippen LogP contribution is -2.58. The minimum absolute atomic E-state index is 0.0473. The standard InChI is InChI=1S/C27H37N7O6/c28-19(14-17-8-3-1-4-9-17)23(36)33-21(15-18-10-5-2-6-11-18)25(38)32-20(12-7-13-31-27(29)30)24(37)34-22(16-35)26(39)40/h1-6,8-11,19-22,35H,7,12-16,28H2,(H,32,38)(H,33,36)(H,34,37)(H,39,40)(H4,29,30,31). The van der Waals surface area contributed by atoms with Crippen molar-refractivity contribution in [1.29, 1.82) is 0 Å². The van der Waals surface area contributed by atoms with E-state index in [-0.39, 0.29) is 38.2 Å². The van der Waals surface area contributed by atoms with E-state index < -0.39 is 54.5 Å². The highest BCUT2D eigenvalue weighted by atomic mass is 16.4. The second-order valence-electron chi connectivity index (χ2n) is 9.14. The number of carbonyl (C=O) groups excluding carboxylic acids is 3. The third-order valence-corrected chi connectivity index (χ3v) is 5.93. The maximum absolute atomic E-state index is 13.4. The van der Waals surface area contributed by atoms with Gasteiger partial charge in [0.05, 0.1) is 12.6 Å². The number of nitrogens with one attached hydrogen (secondary N) is 3. The molecule has 216 valence electrons. The molecule has 0 spiro atoms. The Labute approximate surface area is 232 Å². The molecule has 3 amide bonds. The van der Waals surface area contributed by atoms with E-state index in [1.54, 1.807) is 24.3 Å². The van der Waals surface area contributed by atoms with Crippen LogP contribution in [0.3, 0.4) is 0 Å². The van der Waals surface area contributed by atoms with Crippen LogP contribution >= 0.6 is 0 Å². The minimum atomic E-state index is -1.57. The number of hydrogen-bond acceptors (Lipinski definition) is 7. The van der Waals surface area contributed by atoms with Crippen LogP contribution in [0.1, 0.15) is 24.0 Å². The van der Waals surface area contributed by atoms with Crippen molar-refractivity contribution in [3.63, 3.8) is 0 Å². The summed E-state index contributed by atoms with van der Waals surface area (Å²) in [5.74, 6) is -3.65. The van der Waals surface area contributed by atoms with Crippen molar-refractivity contribution in [2.75, 3.05) is 13.2 Å². The summed E-state index contributed by atoms with van der Waals surface area (Å²) >= 11 is 0. The third kappa shape index (κ3) is 11.1. The molecule has 0 aliphatic carbocycles. The summed E-state index contributed by atoms with van der Waals surface area (Å²) in [7, 11) is 0. The number of nitrogens with zero attached hydrogens (tertiary/aromatic N) is 1. The zero-order chi connectivity index (χ0) is 29.5. The molecular weight excluding hydrogens is 518 g/mol. The van der Waals surface area contributed by atoms with Crippen LogP contribution in [0.4, 0.5) is 0 Å². The summed E-state index contributed by atoms with van der Waals surface area (Å²) < 4.78 is 0. The molecule has 4 unspecified atom stereocenters. The van der Waals surface area contributed by atoms with Gasteiger partial charge < -0.3 is 43.4 Å². The molecule has 13 nitrogen and oxygen atoms in total. The van der Waals surface area contributed by atoms with Crippen molar-refractivity contribution in [2.24, 2.45) is 22.2 Å². The van der Waals surface area contributed by atoms with E-state index >= 15 is 0 Å². The number of carboxylic acid groups (broad SMARTS) is 1. The number of carbonyl (C=O) groups is 4. The zero-order valence-electron chi connectivity index (χ0n) is 22.0. The van der Waals surface area contributed by atoms with E-state index in [0.29, 0.717) is 0 Å². The normalized spacial score (nSPS) is 13.7. The van der Waals surface area contributed by atoms with Gasteiger partial charge in [0, 0.05) is 13.0 Å². The van der Waals surface area contributed by atoms with Crippen LogP contribution < -0.4 is 33.2 Å². The molecule has 13 heteroatoms. The fraction of sp³-hybridized carbons (Fsp3) is 0.370. The van der Waals surface area contributed by atoms with Crippen LogP contribution in [0.5, 0.6) is 0 Å². The Morgan fingerprint density at radius 2 is 1.25 bits per heavy atom. The molecule has 0 fully saturated rings. The number of hydrogen-bond donors (Lipinski definition) is 8. The molecule has 0 aliphatic heterocycles. The summed E-state index contributed by atoms with van der Waals surface area (Å²) in [6, 6.07) is 13.3. The summed E-state index contributed by atoms with van der Waals surface area (Å²) in [5, 5.41) is 26.0. The third-order valence-electron chi connectivity index (χ3n) is 5.93. The van der Waals surface area contributed by atoms with E-state index in [9.17, 15) is 29.4 Å². The predicted octanol–water partition coefficient (Wildman–Crippen LogP) is -1.62. The zero-order valence-corrected chi connectivity index (χ0v) is 22.0. The van der Waals surface area contributed by atoms with Gasteiger partial charge in [0.1, 0.15) is 18.1 Å². The van der Waals surface area contributed by atoms with Crippen LogP contribution in [-0.2, 0) is 32.0 Å². The van der Waals surface area contributed by atoms with Gasteiger partial charge in [-0.2, -0.15) is 0 Å². The van der Waals surface area contributed by atoms with E-state index in [1.165, 1.54) is 0 Å². The molecule has 2 aromatic rings. The molecule has 0 saturated carbocycles. The van der Waals surface area contributed by atoms with Crippen molar-refractivity contribution < 1.29 is 29.4 Å². The van der Waals surface area contributed by atoms with Crippen molar-refractivity contribution in [3.8, 4) is 0 Å². The monoisotopic (exact) mass is 555 g/mol. The van der Waals surface area contributed by atoms with Crippen LogP contribution in [0.2, 0.25) is 0 Å². The van der Waals surface area contributed by atoms with Crippen molar-refractivity contribution in [3.05, 3.63) is 71.8 Å². The van der Waals surface area contributed by atoms with Gasteiger partial charge in [-0.25, -0.2) is 4.79 Å². The van der Waals surface area contributed by atoms with E-state index in [2.05, 4.69) is 20.9 Å². The number of aliphatic hydroxyl groups is 1. The minimum Gasteiger partial charge on any atom is -0.480 e. The highest BCUT2D eigenvalue weighted by Crippen LogP contribution is 2.08. The lowest BCUT2D eigenvalue weighted by molar-refractivity contribution is -0.143. The van der Waals surface area contributed by atoms with E-state index in [1.807, 2.05) is 36.4 Å².